The number of halogens is 3. The normalized spacial score (nSPS) is 11.8. The summed E-state index contributed by atoms with van der Waals surface area (Å²) in [7, 11) is -1.19. The van der Waals surface area contributed by atoms with Gasteiger partial charge < -0.3 is 14.0 Å². The summed E-state index contributed by atoms with van der Waals surface area (Å²) in [4.78, 5) is -0.0317. The van der Waals surface area contributed by atoms with Gasteiger partial charge >= 0.3 is 0 Å². The summed E-state index contributed by atoms with van der Waals surface area (Å²) in [5, 5.41) is 0.406. The second-order valence-corrected chi connectivity index (χ2v) is 10.7. The number of hydrogen-bond acceptors (Lipinski definition) is 4. The van der Waals surface area contributed by atoms with Gasteiger partial charge in [-0.15, -0.1) is 0 Å². The molecule has 0 amide bonds. The van der Waals surface area contributed by atoms with Gasteiger partial charge in [0.1, 0.15) is 0 Å². The van der Waals surface area contributed by atoms with Crippen LogP contribution in [0.15, 0.2) is 53.6 Å². The lowest BCUT2D eigenvalue weighted by atomic mass is 10.1. The Labute approximate surface area is 210 Å². The Balaban J connectivity index is 2.04. The number of aryl methyl sites for hydroxylation is 2. The van der Waals surface area contributed by atoms with E-state index in [0.29, 0.717) is 33.0 Å². The van der Waals surface area contributed by atoms with Crippen molar-refractivity contribution in [3.05, 3.63) is 65.2 Å². The fourth-order valence-electron chi connectivity index (χ4n) is 3.78. The third kappa shape index (κ3) is 4.10. The van der Waals surface area contributed by atoms with Crippen LogP contribution in [-0.4, -0.2) is 35.6 Å². The predicted octanol–water partition coefficient (Wildman–Crippen LogP) is 5.90. The minimum absolute atomic E-state index is 0.0317. The monoisotopic (exact) mass is 602 g/mol. The van der Waals surface area contributed by atoms with E-state index in [1.165, 1.54) is 25.3 Å². The number of fused-ring (bicyclic) bond motifs is 1. The van der Waals surface area contributed by atoms with E-state index in [9.17, 15) is 8.42 Å². The van der Waals surface area contributed by atoms with Gasteiger partial charge in [-0.25, -0.2) is 12.4 Å². The van der Waals surface area contributed by atoms with Gasteiger partial charge in [-0.05, 0) is 31.2 Å². The lowest BCUT2D eigenvalue weighted by Gasteiger charge is -2.12. The van der Waals surface area contributed by atoms with E-state index >= 15 is 4.39 Å². The van der Waals surface area contributed by atoms with Crippen molar-refractivity contribution >= 4 is 55.1 Å². The first-order valence-corrected chi connectivity index (χ1v) is 13.3. The van der Waals surface area contributed by atoms with Gasteiger partial charge in [0.05, 0.1) is 35.3 Å². The molecule has 2 aromatic heterocycles. The van der Waals surface area contributed by atoms with Crippen LogP contribution < -0.4 is 9.47 Å². The highest BCUT2D eigenvalue weighted by molar-refractivity contribution is 14.1. The van der Waals surface area contributed by atoms with Gasteiger partial charge in [0.25, 0.3) is 10.0 Å². The number of nitrogens with zero attached hydrogens (tertiary/aromatic N) is 2. The number of aromatic nitrogens is 2. The quantitative estimate of drug-likeness (QED) is 0.195. The van der Waals surface area contributed by atoms with Gasteiger partial charge in [0.15, 0.2) is 11.5 Å². The van der Waals surface area contributed by atoms with Crippen LogP contribution in [0.1, 0.15) is 5.56 Å². The van der Waals surface area contributed by atoms with Crippen LogP contribution >= 0.6 is 34.2 Å². The van der Waals surface area contributed by atoms with E-state index in [0.717, 1.165) is 15.5 Å². The fraction of sp³-hybridized carbons (Fsp3) is 0.217. The zero-order valence-corrected chi connectivity index (χ0v) is 21.8. The zero-order valence-electron chi connectivity index (χ0n) is 18.1. The van der Waals surface area contributed by atoms with Crippen molar-refractivity contribution < 1.29 is 22.3 Å². The van der Waals surface area contributed by atoms with Crippen LogP contribution in [0.5, 0.6) is 11.5 Å². The summed E-state index contributed by atoms with van der Waals surface area (Å²) in [5.41, 5.74) is 2.33. The smallest absolute Gasteiger partial charge is 0.270 e. The van der Waals surface area contributed by atoms with Gasteiger partial charge in [-0.1, -0.05) is 51.9 Å². The second kappa shape index (κ2) is 9.19. The van der Waals surface area contributed by atoms with E-state index in [2.05, 4.69) is 22.6 Å². The van der Waals surface area contributed by atoms with Crippen molar-refractivity contribution in [3.63, 3.8) is 0 Å². The van der Waals surface area contributed by atoms with Gasteiger partial charge in [-0.2, -0.15) is 4.39 Å². The lowest BCUT2D eigenvalue weighted by Crippen LogP contribution is -2.16. The van der Waals surface area contributed by atoms with E-state index in [1.54, 1.807) is 31.5 Å². The summed E-state index contributed by atoms with van der Waals surface area (Å²) in [6, 6.07) is 11.2. The molecule has 0 aliphatic carbocycles. The molecule has 4 aromatic rings. The van der Waals surface area contributed by atoms with Crippen LogP contribution in [0.4, 0.5) is 4.39 Å². The van der Waals surface area contributed by atoms with Crippen molar-refractivity contribution in [1.29, 1.82) is 0 Å². The molecule has 0 atom stereocenters. The fourth-order valence-corrected chi connectivity index (χ4v) is 5.94. The van der Waals surface area contributed by atoms with Crippen LogP contribution in [0.2, 0.25) is 5.02 Å². The molecule has 0 spiro atoms. The summed E-state index contributed by atoms with van der Waals surface area (Å²) < 4.78 is 56.5. The van der Waals surface area contributed by atoms with Crippen molar-refractivity contribution in [2.24, 2.45) is 0 Å². The van der Waals surface area contributed by atoms with Crippen LogP contribution in [0.25, 0.3) is 22.2 Å². The number of hydrogen-bond donors (Lipinski definition) is 0. The molecule has 2 aromatic carbocycles. The third-order valence-electron chi connectivity index (χ3n) is 5.40. The average molecular weight is 603 g/mol. The lowest BCUT2D eigenvalue weighted by molar-refractivity contribution is 0.355. The van der Waals surface area contributed by atoms with Crippen molar-refractivity contribution in [2.75, 3.05) is 18.6 Å². The van der Waals surface area contributed by atoms with E-state index in [-0.39, 0.29) is 15.6 Å². The largest absolute Gasteiger partial charge is 0.493 e. The summed E-state index contributed by atoms with van der Waals surface area (Å²) in [5.74, 6) is -0.0247. The van der Waals surface area contributed by atoms with Crippen molar-refractivity contribution in [2.45, 2.75) is 18.4 Å². The van der Waals surface area contributed by atoms with Crippen molar-refractivity contribution in [1.82, 2.24) is 8.54 Å². The Bertz CT molecular complexity index is 1450. The highest BCUT2D eigenvalue weighted by Gasteiger charge is 2.29. The molecule has 2 heterocycles. The molecule has 0 radical (unpaired) electrons. The van der Waals surface area contributed by atoms with Gasteiger partial charge in [0, 0.05) is 34.2 Å². The van der Waals surface area contributed by atoms with Gasteiger partial charge in [0.2, 0.25) is 5.95 Å². The first-order chi connectivity index (χ1) is 15.7. The molecule has 4 rings (SSSR count). The summed E-state index contributed by atoms with van der Waals surface area (Å²) in [6.45, 7) is 2.51. The Morgan fingerprint density at radius 2 is 1.70 bits per heavy atom. The maximum Gasteiger partial charge on any atom is 0.270 e. The molecular formula is C23H21ClFIN2O4S. The highest BCUT2D eigenvalue weighted by Crippen LogP contribution is 2.41. The third-order valence-corrected chi connectivity index (χ3v) is 7.86. The molecule has 6 nitrogen and oxygen atoms in total. The Kier molecular flexibility index (Phi) is 6.66. The molecule has 0 N–H and O–H groups in total. The first kappa shape index (κ1) is 23.9. The first-order valence-electron chi connectivity index (χ1n) is 9.93. The molecule has 10 heteroatoms. The van der Waals surface area contributed by atoms with Crippen LogP contribution in [0.3, 0.4) is 0 Å². The van der Waals surface area contributed by atoms with Gasteiger partial charge in [-0.3, -0.25) is 0 Å². The molecule has 0 saturated heterocycles. The minimum atomic E-state index is -4.25. The molecule has 0 unspecified atom stereocenters. The van der Waals surface area contributed by atoms with Crippen molar-refractivity contribution in [3.8, 4) is 22.8 Å². The molecular weight excluding hydrogens is 582 g/mol. The Morgan fingerprint density at radius 1 is 1.06 bits per heavy atom. The number of rotatable bonds is 7. The number of benzene rings is 2. The van der Waals surface area contributed by atoms with E-state index < -0.39 is 16.0 Å². The highest BCUT2D eigenvalue weighted by atomic mass is 127. The molecule has 0 saturated carbocycles. The SMILES string of the molecule is COc1cc2c(-c3cc(Cl)c(F)n3S(=O)(=O)c3ccc(C)cc3)cn(CCI)c2cc1OC. The maximum atomic E-state index is 15.2. The molecule has 33 heavy (non-hydrogen) atoms. The van der Waals surface area contributed by atoms with Crippen LogP contribution in [0, 0.1) is 12.9 Å². The second-order valence-electron chi connectivity index (χ2n) is 7.40. The number of methoxy groups -OCH3 is 2. The average Bonchev–Trinajstić information content (AvgIpc) is 3.30. The number of alkyl halides is 1. The van der Waals surface area contributed by atoms with Crippen LogP contribution in [-0.2, 0) is 16.6 Å². The van der Waals surface area contributed by atoms with E-state index in [1.807, 2.05) is 17.6 Å². The topological polar surface area (TPSA) is 62.5 Å². The predicted molar refractivity (Wildman–Crippen MR) is 136 cm³/mol. The molecule has 0 aliphatic rings. The maximum absolute atomic E-state index is 15.2. The summed E-state index contributed by atoms with van der Waals surface area (Å²) in [6.07, 6.45) is 1.80. The molecule has 174 valence electrons. The Hall–Kier alpha value is -2.24. The van der Waals surface area contributed by atoms with E-state index in [4.69, 9.17) is 21.1 Å². The summed E-state index contributed by atoms with van der Waals surface area (Å²) >= 11 is 8.38. The molecule has 0 fully saturated rings. The molecule has 0 aliphatic heterocycles. The minimum Gasteiger partial charge on any atom is -0.493 e. The molecule has 0 bridgehead atoms. The standard InChI is InChI=1S/C23H21ClFIN2O4S/c1-14-4-6-15(7-5-14)33(29,30)28-20(11-18(24)23(28)25)17-13-27(9-8-26)19-12-22(32-3)21(31-2)10-16(17)19/h4-7,10-13H,8-9H2,1-3H3. The zero-order chi connectivity index (χ0) is 23.9. The Morgan fingerprint density at radius 3 is 2.30 bits per heavy atom. The number of ether oxygens (including phenoxy) is 2.